The molecule has 1 unspecified atom stereocenters. The minimum atomic E-state index is -2.86. The number of fused-ring (bicyclic) bond motifs is 3. The maximum atomic E-state index is 13.5. The Morgan fingerprint density at radius 3 is 2.38 bits per heavy atom. The lowest BCUT2D eigenvalue weighted by Crippen LogP contribution is -2.58. The third kappa shape index (κ3) is 4.04. The summed E-state index contributed by atoms with van der Waals surface area (Å²) in [5, 5.41) is 8.23. The van der Waals surface area contributed by atoms with E-state index in [-0.39, 0.29) is 11.9 Å². The predicted octanol–water partition coefficient (Wildman–Crippen LogP) is 6.13. The number of alkyl halides is 2. The number of benzene rings is 3. The van der Waals surface area contributed by atoms with Crippen LogP contribution in [0.4, 0.5) is 8.78 Å². The number of nitrogens with zero attached hydrogens (tertiary/aromatic N) is 3. The smallest absolute Gasteiger partial charge is 0.282 e. The Bertz CT molecular complexity index is 1780. The maximum Gasteiger partial charge on any atom is 0.282 e. The number of likely N-dealkylation sites (tertiary alicyclic amines) is 1. The van der Waals surface area contributed by atoms with Gasteiger partial charge < -0.3 is 19.3 Å². The predicted molar refractivity (Wildman–Crippen MR) is 149 cm³/mol. The average molecular weight is 543 g/mol. The van der Waals surface area contributed by atoms with Gasteiger partial charge in [0.2, 0.25) is 0 Å². The highest BCUT2D eigenvalue weighted by atomic mass is 19.3. The average Bonchev–Trinajstić information content (AvgIpc) is 3.45. The Labute approximate surface area is 229 Å². The van der Waals surface area contributed by atoms with Gasteiger partial charge in [-0.05, 0) is 62.2 Å². The Morgan fingerprint density at radius 1 is 1.02 bits per heavy atom. The lowest BCUT2D eigenvalue weighted by molar-refractivity contribution is -0.113. The molecule has 0 radical (unpaired) electrons. The van der Waals surface area contributed by atoms with Crippen molar-refractivity contribution in [1.82, 2.24) is 19.9 Å². The lowest BCUT2D eigenvalue weighted by atomic mass is 9.96. The summed E-state index contributed by atoms with van der Waals surface area (Å²) in [6.07, 6.45) is 0. The van der Waals surface area contributed by atoms with E-state index in [1.807, 2.05) is 62.4 Å². The summed E-state index contributed by atoms with van der Waals surface area (Å²) in [7, 11) is 1.57. The number of halogens is 2. The molecule has 9 heteroatoms. The second kappa shape index (κ2) is 9.29. The Hall–Kier alpha value is -4.53. The van der Waals surface area contributed by atoms with Crippen LogP contribution in [0.15, 0.2) is 65.2 Å². The standard InChI is InChI=1S/C31H28F2N4O3/c1-17-27(19(3)40-35-17)22-13-24(29(38)34-4)28-23-12-21(30(39)36-15-31(32,33)16-36)10-11-25(23)37(26(28)14-22)18(2)20-8-6-5-7-9-20/h5-14,18H,15-16H2,1-4H3,(H,34,38). The van der Waals surface area contributed by atoms with Gasteiger partial charge in [0, 0.05) is 40.0 Å². The lowest BCUT2D eigenvalue weighted by Gasteiger charge is -2.38. The van der Waals surface area contributed by atoms with Crippen molar-refractivity contribution in [2.24, 2.45) is 0 Å². The number of rotatable bonds is 5. The van der Waals surface area contributed by atoms with Crippen LogP contribution in [-0.2, 0) is 0 Å². The molecule has 1 aliphatic heterocycles. The van der Waals surface area contributed by atoms with E-state index in [1.165, 1.54) is 0 Å². The second-order valence-corrected chi connectivity index (χ2v) is 10.4. The Kier molecular flexibility index (Phi) is 5.98. The molecule has 5 aromatic rings. The zero-order valence-electron chi connectivity index (χ0n) is 22.6. The van der Waals surface area contributed by atoms with Gasteiger partial charge in [0.05, 0.1) is 30.3 Å². The van der Waals surface area contributed by atoms with Crippen molar-refractivity contribution in [2.75, 3.05) is 20.1 Å². The van der Waals surface area contributed by atoms with E-state index in [0.29, 0.717) is 33.4 Å². The van der Waals surface area contributed by atoms with Crippen LogP contribution in [0, 0.1) is 13.8 Å². The van der Waals surface area contributed by atoms with Crippen molar-refractivity contribution >= 4 is 33.6 Å². The van der Waals surface area contributed by atoms with Gasteiger partial charge in [0.25, 0.3) is 17.7 Å². The molecule has 204 valence electrons. The molecule has 1 N–H and O–H groups in total. The fraction of sp³-hybridized carbons (Fsp3) is 0.258. The highest BCUT2D eigenvalue weighted by Crippen LogP contribution is 2.40. The van der Waals surface area contributed by atoms with Crippen molar-refractivity contribution in [3.63, 3.8) is 0 Å². The van der Waals surface area contributed by atoms with Gasteiger partial charge in [-0.25, -0.2) is 8.78 Å². The third-order valence-corrected chi connectivity index (χ3v) is 7.74. The number of amides is 2. The number of hydrogen-bond donors (Lipinski definition) is 1. The van der Waals surface area contributed by atoms with Crippen molar-refractivity contribution in [3.8, 4) is 11.1 Å². The van der Waals surface area contributed by atoms with Crippen LogP contribution in [0.25, 0.3) is 32.9 Å². The van der Waals surface area contributed by atoms with Crippen molar-refractivity contribution in [3.05, 3.63) is 88.8 Å². The monoisotopic (exact) mass is 542 g/mol. The molecule has 0 spiro atoms. The summed E-state index contributed by atoms with van der Waals surface area (Å²) in [6.45, 7) is 4.58. The summed E-state index contributed by atoms with van der Waals surface area (Å²) < 4.78 is 34.6. The summed E-state index contributed by atoms with van der Waals surface area (Å²) in [5.41, 5.74) is 5.70. The Balaban J connectivity index is 1.66. The van der Waals surface area contributed by atoms with Crippen molar-refractivity contribution in [1.29, 1.82) is 0 Å². The number of carbonyl (C=O) groups excluding carboxylic acids is 2. The molecule has 1 saturated heterocycles. The van der Waals surface area contributed by atoms with Crippen molar-refractivity contribution in [2.45, 2.75) is 32.7 Å². The van der Waals surface area contributed by atoms with Crippen LogP contribution >= 0.6 is 0 Å². The van der Waals surface area contributed by atoms with Crippen LogP contribution in [0.3, 0.4) is 0 Å². The normalized spacial score (nSPS) is 15.3. The Morgan fingerprint density at radius 2 is 1.75 bits per heavy atom. The van der Waals surface area contributed by atoms with Gasteiger partial charge in [0.1, 0.15) is 5.76 Å². The fourth-order valence-corrected chi connectivity index (χ4v) is 5.80. The fourth-order valence-electron chi connectivity index (χ4n) is 5.80. The molecular weight excluding hydrogens is 514 g/mol. The van der Waals surface area contributed by atoms with Gasteiger partial charge in [-0.1, -0.05) is 35.5 Å². The molecule has 1 aliphatic rings. The summed E-state index contributed by atoms with van der Waals surface area (Å²) in [5.74, 6) is -2.97. The minimum Gasteiger partial charge on any atom is -0.361 e. The zero-order valence-corrected chi connectivity index (χ0v) is 22.6. The van der Waals surface area contributed by atoms with E-state index >= 15 is 0 Å². The number of carbonyl (C=O) groups is 2. The second-order valence-electron chi connectivity index (χ2n) is 10.4. The summed E-state index contributed by atoms with van der Waals surface area (Å²) in [4.78, 5) is 27.6. The van der Waals surface area contributed by atoms with Crippen LogP contribution in [0.2, 0.25) is 0 Å². The highest BCUT2D eigenvalue weighted by Gasteiger charge is 2.46. The van der Waals surface area contributed by atoms with E-state index < -0.39 is 24.9 Å². The van der Waals surface area contributed by atoms with E-state index in [1.54, 1.807) is 19.2 Å². The number of aryl methyl sites for hydroxylation is 2. The quantitative estimate of drug-likeness (QED) is 0.290. The third-order valence-electron chi connectivity index (χ3n) is 7.74. The largest absolute Gasteiger partial charge is 0.361 e. The molecule has 1 fully saturated rings. The molecule has 40 heavy (non-hydrogen) atoms. The van der Waals surface area contributed by atoms with E-state index in [2.05, 4.69) is 22.0 Å². The molecule has 7 nitrogen and oxygen atoms in total. The number of nitrogens with one attached hydrogen (secondary N) is 1. The SMILES string of the molecule is CNC(=O)c1cc(-c2c(C)noc2C)cc2c1c1cc(C(=O)N3CC(F)(F)C3)ccc1n2C(C)c1ccccc1. The zero-order chi connectivity index (χ0) is 28.3. The molecule has 0 saturated carbocycles. The molecule has 2 amide bonds. The molecular formula is C31H28F2N4O3. The first-order valence-electron chi connectivity index (χ1n) is 13.1. The first-order chi connectivity index (χ1) is 19.1. The molecule has 0 aliphatic carbocycles. The molecule has 6 rings (SSSR count). The molecule has 2 aromatic heterocycles. The van der Waals surface area contributed by atoms with Gasteiger partial charge in [-0.15, -0.1) is 0 Å². The molecule has 0 bridgehead atoms. The topological polar surface area (TPSA) is 80.4 Å². The number of hydrogen-bond acceptors (Lipinski definition) is 4. The summed E-state index contributed by atoms with van der Waals surface area (Å²) >= 11 is 0. The van der Waals surface area contributed by atoms with E-state index in [9.17, 15) is 18.4 Å². The molecule has 1 atom stereocenters. The van der Waals surface area contributed by atoms with Gasteiger partial charge in [-0.2, -0.15) is 0 Å². The molecule has 3 aromatic carbocycles. The van der Waals surface area contributed by atoms with Gasteiger partial charge in [-0.3, -0.25) is 9.59 Å². The van der Waals surface area contributed by atoms with Gasteiger partial charge in [0.15, 0.2) is 0 Å². The first kappa shape index (κ1) is 25.7. The van der Waals surface area contributed by atoms with Crippen molar-refractivity contribution < 1.29 is 22.9 Å². The van der Waals surface area contributed by atoms with E-state index in [4.69, 9.17) is 4.52 Å². The highest BCUT2D eigenvalue weighted by molar-refractivity contribution is 6.20. The van der Waals surface area contributed by atoms with Crippen LogP contribution < -0.4 is 5.32 Å². The van der Waals surface area contributed by atoms with Crippen LogP contribution in [0.5, 0.6) is 0 Å². The van der Waals surface area contributed by atoms with Crippen LogP contribution in [0.1, 0.15) is 50.7 Å². The van der Waals surface area contributed by atoms with Crippen LogP contribution in [-0.4, -0.2) is 52.5 Å². The minimum absolute atomic E-state index is 0.130. The van der Waals surface area contributed by atoms with Gasteiger partial charge >= 0.3 is 0 Å². The number of aromatic nitrogens is 2. The first-order valence-corrected chi connectivity index (χ1v) is 13.1. The molecule has 3 heterocycles. The maximum absolute atomic E-state index is 13.5. The summed E-state index contributed by atoms with van der Waals surface area (Å²) in [6, 6.07) is 18.9. The van der Waals surface area contributed by atoms with E-state index in [0.717, 1.165) is 32.6 Å².